The van der Waals surface area contributed by atoms with E-state index in [0.717, 1.165) is 56.6 Å². The average molecular weight is 413 g/mol. The lowest BCUT2D eigenvalue weighted by Gasteiger charge is -2.13. The molecular weight excluding hydrogens is 390 g/mol. The topological polar surface area (TPSA) is 84.8 Å². The van der Waals surface area contributed by atoms with E-state index < -0.39 is 0 Å². The molecule has 0 aliphatic rings. The van der Waals surface area contributed by atoms with Gasteiger partial charge in [0.25, 0.3) is 0 Å². The summed E-state index contributed by atoms with van der Waals surface area (Å²) < 4.78 is 7.80. The maximum atomic E-state index is 6.01. The fraction of sp³-hybridized carbons (Fsp3) is 0.217. The van der Waals surface area contributed by atoms with Crippen molar-refractivity contribution in [2.24, 2.45) is 7.05 Å². The van der Waals surface area contributed by atoms with E-state index in [2.05, 4.69) is 42.1 Å². The smallest absolute Gasteiger partial charge is 0.138 e. The standard InChI is InChI=1S/C23H23N7O/c1-29(2)6-7-31-22-4-5-24-12-19(22)20-9-17-18-8-15(16-11-27-30(3)14-16)10-26-23(18)28-21(17)13-25-20/h4-5,8-14H,6-7H2,1-3H3,(H,26,28). The van der Waals surface area contributed by atoms with E-state index >= 15 is 0 Å². The van der Waals surface area contributed by atoms with Crippen LogP contribution >= 0.6 is 0 Å². The van der Waals surface area contributed by atoms with Crippen molar-refractivity contribution in [1.82, 2.24) is 34.6 Å². The molecule has 0 aliphatic heterocycles. The molecule has 5 aromatic rings. The Kier molecular flexibility index (Phi) is 4.83. The van der Waals surface area contributed by atoms with Gasteiger partial charge < -0.3 is 14.6 Å². The van der Waals surface area contributed by atoms with E-state index in [1.54, 1.807) is 17.1 Å². The SMILES string of the molecule is CN(C)CCOc1ccncc1-c1cc2c(cn1)[nH]c1ncc(-c3cnn(C)c3)cc12. The van der Waals surface area contributed by atoms with Crippen molar-refractivity contribution >= 4 is 21.9 Å². The van der Waals surface area contributed by atoms with Crippen molar-refractivity contribution in [1.29, 1.82) is 0 Å². The van der Waals surface area contributed by atoms with Gasteiger partial charge in [-0.05, 0) is 32.3 Å². The van der Waals surface area contributed by atoms with E-state index in [1.165, 1.54) is 0 Å². The van der Waals surface area contributed by atoms with E-state index in [-0.39, 0.29) is 0 Å². The molecule has 31 heavy (non-hydrogen) atoms. The highest BCUT2D eigenvalue weighted by molar-refractivity contribution is 6.07. The summed E-state index contributed by atoms with van der Waals surface area (Å²) in [6.45, 7) is 1.43. The van der Waals surface area contributed by atoms with Gasteiger partial charge in [-0.15, -0.1) is 0 Å². The number of pyridine rings is 3. The summed E-state index contributed by atoms with van der Waals surface area (Å²) in [7, 11) is 5.96. The van der Waals surface area contributed by atoms with Gasteiger partial charge >= 0.3 is 0 Å². The first-order chi connectivity index (χ1) is 15.1. The van der Waals surface area contributed by atoms with Gasteiger partial charge in [-0.25, -0.2) is 4.98 Å². The van der Waals surface area contributed by atoms with Crippen LogP contribution in [0.15, 0.2) is 55.4 Å². The Hall–Kier alpha value is -3.78. The third-order valence-corrected chi connectivity index (χ3v) is 5.23. The van der Waals surface area contributed by atoms with Crippen LogP contribution in [-0.2, 0) is 7.05 Å². The normalized spacial score (nSPS) is 11.6. The molecule has 5 aromatic heterocycles. The Morgan fingerprint density at radius 1 is 1.03 bits per heavy atom. The fourth-order valence-corrected chi connectivity index (χ4v) is 3.59. The predicted molar refractivity (Wildman–Crippen MR) is 121 cm³/mol. The Bertz CT molecular complexity index is 1370. The van der Waals surface area contributed by atoms with Gasteiger partial charge in [0, 0.05) is 60.3 Å². The molecule has 156 valence electrons. The summed E-state index contributed by atoms with van der Waals surface area (Å²) in [6.07, 6.45) is 11.1. The summed E-state index contributed by atoms with van der Waals surface area (Å²) in [5.74, 6) is 0.776. The monoisotopic (exact) mass is 413 g/mol. The second-order valence-corrected chi connectivity index (χ2v) is 7.79. The largest absolute Gasteiger partial charge is 0.491 e. The molecule has 0 fully saturated rings. The van der Waals surface area contributed by atoms with Crippen LogP contribution in [0.25, 0.3) is 44.3 Å². The molecule has 5 rings (SSSR count). The molecule has 0 aromatic carbocycles. The Labute approximate surface area is 179 Å². The number of aryl methyl sites for hydroxylation is 1. The minimum atomic E-state index is 0.595. The maximum absolute atomic E-state index is 6.01. The lowest BCUT2D eigenvalue weighted by atomic mass is 10.1. The van der Waals surface area contributed by atoms with Gasteiger partial charge in [0.2, 0.25) is 0 Å². The molecule has 0 radical (unpaired) electrons. The zero-order chi connectivity index (χ0) is 21.4. The first-order valence-electron chi connectivity index (χ1n) is 10.1. The van der Waals surface area contributed by atoms with Crippen molar-refractivity contribution in [2.75, 3.05) is 27.2 Å². The number of ether oxygens (including phenoxy) is 1. The second kappa shape index (κ2) is 7.81. The van der Waals surface area contributed by atoms with Crippen molar-refractivity contribution in [3.63, 3.8) is 0 Å². The van der Waals surface area contributed by atoms with Gasteiger partial charge in [-0.2, -0.15) is 5.10 Å². The number of hydrogen-bond donors (Lipinski definition) is 1. The van der Waals surface area contributed by atoms with Crippen LogP contribution in [0.2, 0.25) is 0 Å². The van der Waals surface area contributed by atoms with Crippen LogP contribution < -0.4 is 4.74 Å². The van der Waals surface area contributed by atoms with Crippen molar-refractivity contribution in [3.8, 4) is 28.1 Å². The Balaban J connectivity index is 1.57. The second-order valence-electron chi connectivity index (χ2n) is 7.79. The molecule has 8 heteroatoms. The third-order valence-electron chi connectivity index (χ3n) is 5.23. The first-order valence-corrected chi connectivity index (χ1v) is 10.1. The summed E-state index contributed by atoms with van der Waals surface area (Å²) in [5, 5.41) is 6.37. The molecule has 1 N–H and O–H groups in total. The van der Waals surface area contributed by atoms with E-state index in [1.807, 2.05) is 52.0 Å². The molecule has 5 heterocycles. The molecule has 8 nitrogen and oxygen atoms in total. The quantitative estimate of drug-likeness (QED) is 0.459. The number of aromatic nitrogens is 6. The molecule has 0 saturated heterocycles. The number of H-pyrrole nitrogens is 1. The van der Waals surface area contributed by atoms with Gasteiger partial charge in [-0.1, -0.05) is 0 Å². The lowest BCUT2D eigenvalue weighted by Crippen LogP contribution is -2.19. The number of hydrogen-bond acceptors (Lipinski definition) is 6. The molecule has 0 amide bonds. The molecule has 0 atom stereocenters. The first kappa shape index (κ1) is 19.2. The van der Waals surface area contributed by atoms with Crippen LogP contribution in [0.5, 0.6) is 5.75 Å². The third kappa shape index (κ3) is 3.73. The van der Waals surface area contributed by atoms with Gasteiger partial charge in [-0.3, -0.25) is 14.6 Å². The van der Waals surface area contributed by atoms with Gasteiger partial charge in [0.05, 0.1) is 29.2 Å². The number of fused-ring (bicyclic) bond motifs is 3. The maximum Gasteiger partial charge on any atom is 0.138 e. The molecular formula is C23H23N7O. The van der Waals surface area contributed by atoms with E-state index in [4.69, 9.17) is 4.74 Å². The Morgan fingerprint density at radius 3 is 2.74 bits per heavy atom. The number of nitrogens with one attached hydrogen (secondary N) is 1. The van der Waals surface area contributed by atoms with Crippen LogP contribution in [0, 0.1) is 0 Å². The van der Waals surface area contributed by atoms with Crippen LogP contribution in [0.3, 0.4) is 0 Å². The lowest BCUT2D eigenvalue weighted by molar-refractivity contribution is 0.262. The minimum Gasteiger partial charge on any atom is -0.491 e. The van der Waals surface area contributed by atoms with Crippen LogP contribution in [-0.4, -0.2) is 61.9 Å². The highest BCUT2D eigenvalue weighted by atomic mass is 16.5. The van der Waals surface area contributed by atoms with Gasteiger partial charge in [0.1, 0.15) is 18.0 Å². The summed E-state index contributed by atoms with van der Waals surface area (Å²) in [4.78, 5) is 19.0. The molecule has 0 saturated carbocycles. The van der Waals surface area contributed by atoms with E-state index in [0.29, 0.717) is 6.61 Å². The van der Waals surface area contributed by atoms with E-state index in [9.17, 15) is 0 Å². The summed E-state index contributed by atoms with van der Waals surface area (Å²) >= 11 is 0. The zero-order valence-corrected chi connectivity index (χ0v) is 17.7. The van der Waals surface area contributed by atoms with Crippen molar-refractivity contribution in [3.05, 3.63) is 55.4 Å². The number of likely N-dealkylation sites (N-methyl/N-ethyl adjacent to an activating group) is 1. The summed E-state index contributed by atoms with van der Waals surface area (Å²) in [5.41, 5.74) is 5.50. The molecule has 0 spiro atoms. The highest BCUT2D eigenvalue weighted by Crippen LogP contribution is 2.33. The summed E-state index contributed by atoms with van der Waals surface area (Å²) in [6, 6.07) is 6.09. The highest BCUT2D eigenvalue weighted by Gasteiger charge is 2.13. The van der Waals surface area contributed by atoms with Crippen molar-refractivity contribution < 1.29 is 4.74 Å². The number of rotatable bonds is 6. The van der Waals surface area contributed by atoms with Crippen molar-refractivity contribution in [2.45, 2.75) is 0 Å². The van der Waals surface area contributed by atoms with Crippen LogP contribution in [0.4, 0.5) is 0 Å². The van der Waals surface area contributed by atoms with Crippen LogP contribution in [0.1, 0.15) is 0 Å². The molecule has 0 aliphatic carbocycles. The molecule has 0 bridgehead atoms. The predicted octanol–water partition coefficient (Wildman–Crippen LogP) is 3.51. The minimum absolute atomic E-state index is 0.595. The fourth-order valence-electron chi connectivity index (χ4n) is 3.59. The number of nitrogens with zero attached hydrogens (tertiary/aromatic N) is 6. The Morgan fingerprint density at radius 2 is 1.94 bits per heavy atom. The zero-order valence-electron chi connectivity index (χ0n) is 17.7. The number of aromatic amines is 1. The average Bonchev–Trinajstić information content (AvgIpc) is 3.36. The van der Waals surface area contributed by atoms with Gasteiger partial charge in [0.15, 0.2) is 0 Å². The molecule has 0 unspecified atom stereocenters.